The van der Waals surface area contributed by atoms with Gasteiger partial charge in [0.2, 0.25) is 0 Å². The van der Waals surface area contributed by atoms with E-state index in [1.54, 1.807) is 18.1 Å². The van der Waals surface area contributed by atoms with E-state index in [0.717, 1.165) is 28.8 Å². The Hall–Kier alpha value is -4.56. The predicted molar refractivity (Wildman–Crippen MR) is 168 cm³/mol. The van der Waals surface area contributed by atoms with Crippen molar-refractivity contribution in [3.8, 4) is 11.3 Å². The van der Waals surface area contributed by atoms with Crippen molar-refractivity contribution in [2.75, 3.05) is 19.8 Å². The van der Waals surface area contributed by atoms with E-state index in [4.69, 9.17) is 18.9 Å². The fourth-order valence-corrected chi connectivity index (χ4v) is 6.08. The molecule has 6 rings (SSSR count). The van der Waals surface area contributed by atoms with Crippen molar-refractivity contribution in [3.05, 3.63) is 90.1 Å². The average Bonchev–Trinajstić information content (AvgIpc) is 3.79. The highest BCUT2D eigenvalue weighted by Gasteiger charge is 2.44. The summed E-state index contributed by atoms with van der Waals surface area (Å²) in [4.78, 5) is 42.6. The van der Waals surface area contributed by atoms with Gasteiger partial charge in [-0.2, -0.15) is 0 Å². The summed E-state index contributed by atoms with van der Waals surface area (Å²) in [5.74, 6) is -0.530. The molecule has 3 aliphatic heterocycles. The zero-order valence-corrected chi connectivity index (χ0v) is 26.0. The summed E-state index contributed by atoms with van der Waals surface area (Å²) < 4.78 is 22.0. The van der Waals surface area contributed by atoms with E-state index in [-0.39, 0.29) is 31.9 Å². The van der Waals surface area contributed by atoms with Crippen LogP contribution in [-0.2, 0) is 36.7 Å². The summed E-state index contributed by atoms with van der Waals surface area (Å²) in [6.07, 6.45) is -1.23. The molecule has 4 heterocycles. The van der Waals surface area contributed by atoms with Gasteiger partial charge in [-0.3, -0.25) is 15.2 Å². The SMILES string of the molecule is CC1OC(=O)NC1C(=O)NN(Cc1ccc(-c2ccccn2)cc1)CC(O)C(Cc1ccccc1)NC(=O)OC1COC2OCCC12. The summed E-state index contributed by atoms with van der Waals surface area (Å²) in [6, 6.07) is 21.2. The van der Waals surface area contributed by atoms with Crippen LogP contribution in [0.3, 0.4) is 0 Å². The summed E-state index contributed by atoms with van der Waals surface area (Å²) in [6.45, 7) is 2.57. The molecule has 13 nitrogen and oxygen atoms in total. The zero-order chi connectivity index (χ0) is 32.8. The van der Waals surface area contributed by atoms with Crippen LogP contribution in [-0.4, -0.2) is 89.6 Å². The number of hydrogen-bond donors (Lipinski definition) is 4. The topological polar surface area (TPSA) is 161 Å². The molecule has 7 unspecified atom stereocenters. The second-order valence-corrected chi connectivity index (χ2v) is 12.0. The number of nitrogens with one attached hydrogen (secondary N) is 3. The lowest BCUT2D eigenvalue weighted by Crippen LogP contribution is -2.56. The molecule has 3 fully saturated rings. The van der Waals surface area contributed by atoms with Gasteiger partial charge in [0, 0.05) is 24.8 Å². The van der Waals surface area contributed by atoms with Gasteiger partial charge in [-0.25, -0.2) is 14.6 Å². The van der Waals surface area contributed by atoms with Gasteiger partial charge in [0.1, 0.15) is 18.2 Å². The van der Waals surface area contributed by atoms with E-state index < -0.39 is 48.5 Å². The molecule has 0 saturated carbocycles. The molecule has 4 N–H and O–H groups in total. The van der Waals surface area contributed by atoms with Crippen molar-refractivity contribution >= 4 is 18.1 Å². The summed E-state index contributed by atoms with van der Waals surface area (Å²) >= 11 is 0. The Morgan fingerprint density at radius 1 is 1.06 bits per heavy atom. The number of rotatable bonds is 12. The van der Waals surface area contributed by atoms with Crippen LogP contribution in [0.2, 0.25) is 0 Å². The van der Waals surface area contributed by atoms with Gasteiger partial charge in [0.25, 0.3) is 5.91 Å². The molecule has 3 saturated heterocycles. The molecule has 13 heteroatoms. The normalized spacial score (nSPS) is 24.6. The molecule has 248 valence electrons. The van der Waals surface area contributed by atoms with Crippen molar-refractivity contribution in [1.82, 2.24) is 26.1 Å². The minimum atomic E-state index is -1.15. The van der Waals surface area contributed by atoms with Crippen molar-refractivity contribution < 1.29 is 38.4 Å². The molecule has 1 aromatic heterocycles. The number of cyclic esters (lactones) is 1. The summed E-state index contributed by atoms with van der Waals surface area (Å²) in [5.41, 5.74) is 6.34. The first-order valence-electron chi connectivity index (χ1n) is 15.8. The van der Waals surface area contributed by atoms with Crippen LogP contribution in [0.5, 0.6) is 0 Å². The molecule has 47 heavy (non-hydrogen) atoms. The standard InChI is InChI=1S/C34H39N5O8/c1-21-30(37-34(43)46-21)31(41)38-39(18-23-10-12-24(13-11-23)26-9-5-6-15-35-26)19-28(40)27(17-22-7-3-2-4-8-22)36-33(42)47-29-20-45-32-25(29)14-16-44-32/h2-13,15,21,25,27-30,32,40H,14,16-20H2,1H3,(H,36,42)(H,37,43)(H,38,41). The Morgan fingerprint density at radius 2 is 1.85 bits per heavy atom. The highest BCUT2D eigenvalue weighted by Crippen LogP contribution is 2.33. The highest BCUT2D eigenvalue weighted by molar-refractivity contribution is 5.88. The number of aliphatic hydroxyl groups excluding tert-OH is 1. The van der Waals surface area contributed by atoms with Crippen molar-refractivity contribution in [1.29, 1.82) is 0 Å². The van der Waals surface area contributed by atoms with Crippen LogP contribution in [0.1, 0.15) is 24.5 Å². The van der Waals surface area contributed by atoms with Gasteiger partial charge in [-0.05, 0) is 43.0 Å². The minimum Gasteiger partial charge on any atom is -0.444 e. The van der Waals surface area contributed by atoms with Crippen molar-refractivity contribution in [2.24, 2.45) is 5.92 Å². The van der Waals surface area contributed by atoms with Crippen LogP contribution in [0, 0.1) is 5.92 Å². The fourth-order valence-electron chi connectivity index (χ4n) is 6.08. The van der Waals surface area contributed by atoms with Crippen LogP contribution in [0.25, 0.3) is 11.3 Å². The number of ether oxygens (including phenoxy) is 4. The van der Waals surface area contributed by atoms with Crippen LogP contribution >= 0.6 is 0 Å². The van der Waals surface area contributed by atoms with Gasteiger partial charge in [-0.1, -0.05) is 60.7 Å². The second-order valence-electron chi connectivity index (χ2n) is 12.0. The molecule has 0 radical (unpaired) electrons. The zero-order valence-electron chi connectivity index (χ0n) is 26.0. The first kappa shape index (κ1) is 32.4. The number of aliphatic hydroxyl groups is 1. The molecular weight excluding hydrogens is 606 g/mol. The maximum atomic E-state index is 13.3. The highest BCUT2D eigenvalue weighted by atomic mass is 16.7. The van der Waals surface area contributed by atoms with Crippen molar-refractivity contribution in [2.45, 2.75) is 63.0 Å². The van der Waals surface area contributed by atoms with Crippen LogP contribution < -0.4 is 16.1 Å². The number of amides is 3. The number of nitrogens with zero attached hydrogens (tertiary/aromatic N) is 2. The number of hydrazine groups is 1. The predicted octanol–water partition coefficient (Wildman–Crippen LogP) is 2.54. The van der Waals surface area contributed by atoms with Gasteiger partial charge in [-0.15, -0.1) is 0 Å². The van der Waals surface area contributed by atoms with Gasteiger partial charge in [0.05, 0.1) is 37.0 Å². The molecule has 7 atom stereocenters. The number of benzene rings is 2. The first-order valence-corrected chi connectivity index (χ1v) is 15.8. The fraction of sp³-hybridized carbons (Fsp3) is 0.412. The number of pyridine rings is 1. The van der Waals surface area contributed by atoms with E-state index in [1.807, 2.05) is 72.8 Å². The molecule has 3 aromatic rings. The average molecular weight is 646 g/mol. The third-order valence-electron chi connectivity index (χ3n) is 8.59. The van der Waals surface area contributed by atoms with Gasteiger partial charge in [0.15, 0.2) is 6.29 Å². The lowest BCUT2D eigenvalue weighted by molar-refractivity contribution is -0.129. The molecule has 2 aromatic carbocycles. The Labute approximate surface area is 272 Å². The Morgan fingerprint density at radius 3 is 2.57 bits per heavy atom. The minimum absolute atomic E-state index is 0.0320. The van der Waals surface area contributed by atoms with E-state index in [9.17, 15) is 19.5 Å². The Bertz CT molecular complexity index is 1510. The van der Waals surface area contributed by atoms with Crippen LogP contribution in [0.15, 0.2) is 79.0 Å². The maximum Gasteiger partial charge on any atom is 0.408 e. The van der Waals surface area contributed by atoms with Gasteiger partial charge < -0.3 is 34.7 Å². The lowest BCUT2D eigenvalue weighted by Gasteiger charge is -2.31. The van der Waals surface area contributed by atoms with E-state index >= 15 is 0 Å². The number of carbonyl (C=O) groups excluding carboxylic acids is 3. The second kappa shape index (κ2) is 14.9. The number of alkyl carbamates (subject to hydrolysis) is 2. The third kappa shape index (κ3) is 8.24. The molecule has 0 aliphatic carbocycles. The molecule has 0 spiro atoms. The summed E-state index contributed by atoms with van der Waals surface area (Å²) in [7, 11) is 0. The van der Waals surface area contributed by atoms with Crippen molar-refractivity contribution in [3.63, 3.8) is 0 Å². The van der Waals surface area contributed by atoms with Gasteiger partial charge >= 0.3 is 12.2 Å². The molecule has 3 amide bonds. The van der Waals surface area contributed by atoms with E-state index in [2.05, 4.69) is 21.0 Å². The summed E-state index contributed by atoms with van der Waals surface area (Å²) in [5, 5.41) is 18.6. The number of hydrogen-bond acceptors (Lipinski definition) is 10. The third-order valence-corrected chi connectivity index (χ3v) is 8.59. The Balaban J connectivity index is 1.18. The van der Waals surface area contributed by atoms with E-state index in [0.29, 0.717) is 13.0 Å². The number of fused-ring (bicyclic) bond motifs is 1. The molecule has 0 bridgehead atoms. The molecule has 3 aliphatic rings. The quantitative estimate of drug-likeness (QED) is 0.216. The van der Waals surface area contributed by atoms with E-state index in [1.165, 1.54) is 0 Å². The molecular formula is C34H39N5O8. The monoisotopic (exact) mass is 645 g/mol. The largest absolute Gasteiger partial charge is 0.444 e. The first-order chi connectivity index (χ1) is 22.8. The Kier molecular flexibility index (Phi) is 10.3. The smallest absolute Gasteiger partial charge is 0.408 e. The number of aromatic nitrogens is 1. The van der Waals surface area contributed by atoms with Crippen LogP contribution in [0.4, 0.5) is 9.59 Å². The maximum absolute atomic E-state index is 13.3. The number of carbonyl (C=O) groups is 3. The lowest BCUT2D eigenvalue weighted by atomic mass is 10.0.